The first-order valence-electron chi connectivity index (χ1n) is 5.04. The number of ether oxygens (including phenoxy) is 1. The minimum atomic E-state index is 0.293. The van der Waals surface area contributed by atoms with Crippen molar-refractivity contribution >= 4 is 0 Å². The number of hydrogen-bond acceptors (Lipinski definition) is 2. The number of nitrogens with two attached hydrogens (primary N) is 1. The van der Waals surface area contributed by atoms with Gasteiger partial charge in [-0.2, -0.15) is 0 Å². The summed E-state index contributed by atoms with van der Waals surface area (Å²) in [5, 5.41) is 0. The lowest BCUT2D eigenvalue weighted by molar-refractivity contribution is 0.141. The Labute approximate surface area is 81.8 Å². The molecule has 2 N–H and O–H groups in total. The Morgan fingerprint density at radius 1 is 1.38 bits per heavy atom. The molecule has 0 aromatic rings. The zero-order valence-corrected chi connectivity index (χ0v) is 8.81. The molecule has 0 fully saturated rings. The molecule has 0 aliphatic heterocycles. The first-order chi connectivity index (χ1) is 6.31. The molecule has 0 heterocycles. The van der Waals surface area contributed by atoms with Crippen molar-refractivity contribution in [3.63, 3.8) is 0 Å². The van der Waals surface area contributed by atoms with E-state index >= 15 is 0 Å². The second-order valence-electron chi connectivity index (χ2n) is 3.06. The fourth-order valence-electron chi connectivity index (χ4n) is 1.12. The van der Waals surface area contributed by atoms with E-state index in [-0.39, 0.29) is 0 Å². The molecule has 0 spiro atoms. The topological polar surface area (TPSA) is 35.2 Å². The van der Waals surface area contributed by atoms with Gasteiger partial charge in [0.05, 0.1) is 0 Å². The van der Waals surface area contributed by atoms with Crippen LogP contribution in [0.5, 0.6) is 0 Å². The summed E-state index contributed by atoms with van der Waals surface area (Å²) in [6.45, 7) is 5.51. The molecule has 13 heavy (non-hydrogen) atoms. The summed E-state index contributed by atoms with van der Waals surface area (Å²) in [4.78, 5) is 0. The monoisotopic (exact) mass is 183 g/mol. The van der Waals surface area contributed by atoms with Crippen LogP contribution in [0.1, 0.15) is 39.5 Å². The van der Waals surface area contributed by atoms with E-state index in [2.05, 4.69) is 11.8 Å². The predicted molar refractivity (Wildman–Crippen MR) is 56.4 cm³/mol. The van der Waals surface area contributed by atoms with Gasteiger partial charge in [0.25, 0.3) is 0 Å². The molecule has 0 bridgehead atoms. The van der Waals surface area contributed by atoms with E-state index in [9.17, 15) is 0 Å². The fourth-order valence-corrected chi connectivity index (χ4v) is 1.12. The lowest BCUT2D eigenvalue weighted by atomic mass is 10.1. The van der Waals surface area contributed by atoms with Crippen molar-refractivity contribution in [2.24, 2.45) is 5.73 Å². The minimum absolute atomic E-state index is 0.293. The molecule has 1 atom stereocenters. The molecule has 0 aliphatic rings. The Morgan fingerprint density at radius 3 is 2.77 bits per heavy atom. The van der Waals surface area contributed by atoms with Crippen LogP contribution in [0.15, 0.2) is 0 Å². The van der Waals surface area contributed by atoms with Crippen LogP contribution in [0.4, 0.5) is 0 Å². The summed E-state index contributed by atoms with van der Waals surface area (Å²) in [6.07, 6.45) is 4.04. The quantitative estimate of drug-likeness (QED) is 0.483. The molecule has 2 nitrogen and oxygen atoms in total. The van der Waals surface area contributed by atoms with Gasteiger partial charge >= 0.3 is 0 Å². The SMILES string of the molecule is CC#CCCC(N)CCCOCC. The number of rotatable bonds is 7. The van der Waals surface area contributed by atoms with E-state index in [1.54, 1.807) is 0 Å². The van der Waals surface area contributed by atoms with Gasteiger partial charge in [-0.05, 0) is 33.1 Å². The Morgan fingerprint density at radius 2 is 2.15 bits per heavy atom. The second-order valence-corrected chi connectivity index (χ2v) is 3.06. The Bertz CT molecular complexity index is 157. The van der Waals surface area contributed by atoms with Gasteiger partial charge in [0.15, 0.2) is 0 Å². The lowest BCUT2D eigenvalue weighted by Crippen LogP contribution is -2.20. The first-order valence-corrected chi connectivity index (χ1v) is 5.04. The van der Waals surface area contributed by atoms with Crippen LogP contribution < -0.4 is 5.73 Å². The van der Waals surface area contributed by atoms with Crippen molar-refractivity contribution in [2.75, 3.05) is 13.2 Å². The highest BCUT2D eigenvalue weighted by atomic mass is 16.5. The van der Waals surface area contributed by atoms with E-state index in [0.717, 1.165) is 38.9 Å². The Kier molecular flexibility index (Phi) is 9.18. The van der Waals surface area contributed by atoms with Crippen LogP contribution >= 0.6 is 0 Å². The van der Waals surface area contributed by atoms with Crippen LogP contribution in [-0.2, 0) is 4.74 Å². The number of hydrogen-bond donors (Lipinski definition) is 1. The highest BCUT2D eigenvalue weighted by Gasteiger charge is 2.00. The average Bonchev–Trinajstić information content (AvgIpc) is 2.13. The maximum absolute atomic E-state index is 5.87. The normalized spacial score (nSPS) is 11.9. The summed E-state index contributed by atoms with van der Waals surface area (Å²) >= 11 is 0. The van der Waals surface area contributed by atoms with Gasteiger partial charge in [-0.1, -0.05) is 0 Å². The smallest absolute Gasteiger partial charge is 0.0466 e. The van der Waals surface area contributed by atoms with Crippen molar-refractivity contribution in [2.45, 2.75) is 45.6 Å². The molecule has 0 aromatic carbocycles. The molecule has 0 radical (unpaired) electrons. The molecule has 0 aromatic heterocycles. The molecule has 0 rings (SSSR count). The standard InChI is InChI=1S/C11H21NO/c1-3-5-6-8-11(12)9-7-10-13-4-2/h11H,4,6-10,12H2,1-2H3. The summed E-state index contributed by atoms with van der Waals surface area (Å²) in [6, 6.07) is 0.293. The molecule has 76 valence electrons. The molecule has 2 heteroatoms. The zero-order valence-electron chi connectivity index (χ0n) is 8.81. The predicted octanol–water partition coefficient (Wildman–Crippen LogP) is 1.93. The van der Waals surface area contributed by atoms with Crippen molar-refractivity contribution in [1.29, 1.82) is 0 Å². The van der Waals surface area contributed by atoms with E-state index in [1.807, 2.05) is 13.8 Å². The van der Waals surface area contributed by atoms with E-state index in [1.165, 1.54) is 0 Å². The second kappa shape index (κ2) is 9.57. The van der Waals surface area contributed by atoms with Crippen molar-refractivity contribution in [3.8, 4) is 11.8 Å². The molecule has 1 unspecified atom stereocenters. The molecule has 0 saturated carbocycles. The van der Waals surface area contributed by atoms with Crippen LogP contribution in [-0.4, -0.2) is 19.3 Å². The summed E-state index contributed by atoms with van der Waals surface area (Å²) in [5.41, 5.74) is 5.87. The third kappa shape index (κ3) is 9.39. The van der Waals surface area contributed by atoms with E-state index in [0.29, 0.717) is 6.04 Å². The highest BCUT2D eigenvalue weighted by Crippen LogP contribution is 2.01. The average molecular weight is 183 g/mol. The lowest BCUT2D eigenvalue weighted by Gasteiger charge is -2.08. The Balaban J connectivity index is 3.18. The van der Waals surface area contributed by atoms with Gasteiger partial charge in [-0.15, -0.1) is 11.8 Å². The molecule has 0 aliphatic carbocycles. The van der Waals surface area contributed by atoms with E-state index < -0.39 is 0 Å². The third-order valence-electron chi connectivity index (χ3n) is 1.88. The summed E-state index contributed by atoms with van der Waals surface area (Å²) in [5.74, 6) is 5.89. The van der Waals surface area contributed by atoms with Gasteiger partial charge in [0.1, 0.15) is 0 Å². The first kappa shape index (κ1) is 12.5. The molecule has 0 amide bonds. The van der Waals surface area contributed by atoms with Gasteiger partial charge in [-0.25, -0.2) is 0 Å². The molecular formula is C11H21NO. The van der Waals surface area contributed by atoms with Crippen LogP contribution in [0.25, 0.3) is 0 Å². The molecule has 0 saturated heterocycles. The maximum atomic E-state index is 5.87. The van der Waals surface area contributed by atoms with Gasteiger partial charge in [-0.3, -0.25) is 0 Å². The van der Waals surface area contributed by atoms with Gasteiger partial charge < -0.3 is 10.5 Å². The minimum Gasteiger partial charge on any atom is -0.382 e. The van der Waals surface area contributed by atoms with Crippen LogP contribution in [0.2, 0.25) is 0 Å². The zero-order chi connectivity index (χ0) is 9.94. The van der Waals surface area contributed by atoms with Crippen LogP contribution in [0, 0.1) is 11.8 Å². The van der Waals surface area contributed by atoms with Gasteiger partial charge in [0.2, 0.25) is 0 Å². The fraction of sp³-hybridized carbons (Fsp3) is 0.818. The van der Waals surface area contributed by atoms with Crippen molar-refractivity contribution < 1.29 is 4.74 Å². The third-order valence-corrected chi connectivity index (χ3v) is 1.88. The maximum Gasteiger partial charge on any atom is 0.0466 e. The largest absolute Gasteiger partial charge is 0.382 e. The summed E-state index contributed by atoms with van der Waals surface area (Å²) in [7, 11) is 0. The Hall–Kier alpha value is -0.520. The highest BCUT2D eigenvalue weighted by molar-refractivity contribution is 4.95. The summed E-state index contributed by atoms with van der Waals surface area (Å²) < 4.78 is 5.23. The van der Waals surface area contributed by atoms with E-state index in [4.69, 9.17) is 10.5 Å². The van der Waals surface area contributed by atoms with Crippen molar-refractivity contribution in [1.82, 2.24) is 0 Å². The van der Waals surface area contributed by atoms with Crippen molar-refractivity contribution in [3.05, 3.63) is 0 Å². The van der Waals surface area contributed by atoms with Gasteiger partial charge in [0, 0.05) is 25.7 Å². The van der Waals surface area contributed by atoms with Crippen LogP contribution in [0.3, 0.4) is 0 Å². The molecular weight excluding hydrogens is 162 g/mol.